The predicted molar refractivity (Wildman–Crippen MR) is 104 cm³/mol. The van der Waals surface area contributed by atoms with Gasteiger partial charge in [0.15, 0.2) is 0 Å². The number of nitrogens with zero attached hydrogens (tertiary/aromatic N) is 6. The number of aryl methyl sites for hydroxylation is 1. The lowest BCUT2D eigenvalue weighted by atomic mass is 10.1. The molecule has 3 heterocycles. The lowest BCUT2D eigenvalue weighted by Crippen LogP contribution is -2.53. The molecule has 1 aliphatic heterocycles. The highest BCUT2D eigenvalue weighted by Crippen LogP contribution is 2.23. The number of carbonyl (C=O) groups excluding carboxylic acids is 1. The fraction of sp³-hybridized carbons (Fsp3) is 0.400. The van der Waals surface area contributed by atoms with Crippen LogP contribution < -0.4 is 0 Å². The van der Waals surface area contributed by atoms with Gasteiger partial charge in [0, 0.05) is 56.1 Å². The van der Waals surface area contributed by atoms with Crippen LogP contribution >= 0.6 is 0 Å². The first-order chi connectivity index (χ1) is 13.0. The monoisotopic (exact) mass is 364 g/mol. The van der Waals surface area contributed by atoms with E-state index in [4.69, 9.17) is 0 Å². The Kier molecular flexibility index (Phi) is 4.61. The molecular weight excluding hydrogens is 340 g/mol. The van der Waals surface area contributed by atoms with E-state index in [1.807, 2.05) is 42.5 Å². The lowest BCUT2D eigenvalue weighted by molar-refractivity contribution is -0.134. The van der Waals surface area contributed by atoms with Crippen LogP contribution in [-0.4, -0.2) is 68.2 Å². The quantitative estimate of drug-likeness (QED) is 0.708. The molecule has 1 aliphatic rings. The number of hydrogen-bond donors (Lipinski definition) is 0. The van der Waals surface area contributed by atoms with Gasteiger partial charge in [0.05, 0.1) is 18.1 Å². The van der Waals surface area contributed by atoms with Crippen molar-refractivity contribution >= 4 is 16.8 Å². The number of piperazine rings is 1. The second-order valence-corrected chi connectivity index (χ2v) is 7.34. The first kappa shape index (κ1) is 17.6. The molecular formula is C20H24N6O. The molecule has 1 fully saturated rings. The van der Waals surface area contributed by atoms with Crippen LogP contribution in [0.15, 0.2) is 36.8 Å². The summed E-state index contributed by atoms with van der Waals surface area (Å²) in [7, 11) is 3.99. The number of fused-ring (bicyclic) bond motifs is 1. The molecule has 140 valence electrons. The first-order valence-electron chi connectivity index (χ1n) is 9.22. The Morgan fingerprint density at radius 2 is 2.04 bits per heavy atom. The summed E-state index contributed by atoms with van der Waals surface area (Å²) in [4.78, 5) is 26.0. The molecule has 0 N–H and O–H groups in total. The highest BCUT2D eigenvalue weighted by atomic mass is 16.2. The molecule has 4 rings (SSSR count). The summed E-state index contributed by atoms with van der Waals surface area (Å²) in [6, 6.07) is 6.29. The van der Waals surface area contributed by atoms with Gasteiger partial charge in [-0.25, -0.2) is 9.97 Å². The fourth-order valence-corrected chi connectivity index (χ4v) is 3.64. The number of rotatable bonds is 3. The topological polar surface area (TPSA) is 67.2 Å². The van der Waals surface area contributed by atoms with Crippen molar-refractivity contribution in [3.8, 4) is 11.1 Å². The van der Waals surface area contributed by atoms with Crippen molar-refractivity contribution in [2.75, 3.05) is 26.7 Å². The van der Waals surface area contributed by atoms with Crippen LogP contribution in [0.3, 0.4) is 0 Å². The van der Waals surface area contributed by atoms with E-state index < -0.39 is 0 Å². The number of benzene rings is 1. The molecule has 3 aromatic rings. The van der Waals surface area contributed by atoms with Gasteiger partial charge < -0.3 is 9.80 Å². The zero-order chi connectivity index (χ0) is 19.0. The van der Waals surface area contributed by atoms with Gasteiger partial charge in [-0.2, -0.15) is 5.10 Å². The van der Waals surface area contributed by atoms with E-state index in [0.717, 1.165) is 41.7 Å². The molecule has 1 aromatic carbocycles. The Labute approximate surface area is 158 Å². The third-order valence-electron chi connectivity index (χ3n) is 5.13. The Balaban J connectivity index is 1.56. The molecule has 0 unspecified atom stereocenters. The largest absolute Gasteiger partial charge is 0.337 e. The Bertz CT molecular complexity index is 982. The van der Waals surface area contributed by atoms with Gasteiger partial charge in [-0.05, 0) is 25.6 Å². The normalized spacial score (nSPS) is 18.2. The molecule has 0 radical (unpaired) electrons. The van der Waals surface area contributed by atoms with Crippen molar-refractivity contribution in [1.82, 2.24) is 29.5 Å². The molecule has 1 amide bonds. The molecule has 7 heteroatoms. The van der Waals surface area contributed by atoms with Crippen LogP contribution in [0, 0.1) is 0 Å². The predicted octanol–water partition coefficient (Wildman–Crippen LogP) is 1.74. The maximum Gasteiger partial charge on any atom is 0.230 e. The van der Waals surface area contributed by atoms with Gasteiger partial charge in [0.1, 0.15) is 5.82 Å². The fourth-order valence-electron chi connectivity index (χ4n) is 3.64. The van der Waals surface area contributed by atoms with Crippen molar-refractivity contribution in [3.05, 3.63) is 42.6 Å². The van der Waals surface area contributed by atoms with Crippen LogP contribution in [0.1, 0.15) is 12.7 Å². The van der Waals surface area contributed by atoms with Crippen LogP contribution in [0.25, 0.3) is 22.0 Å². The molecule has 1 saturated heterocycles. The van der Waals surface area contributed by atoms with E-state index >= 15 is 0 Å². The molecule has 0 bridgehead atoms. The van der Waals surface area contributed by atoms with Gasteiger partial charge >= 0.3 is 0 Å². The molecule has 1 atom stereocenters. The van der Waals surface area contributed by atoms with E-state index in [1.165, 1.54) is 0 Å². The number of amides is 1. The first-order valence-corrected chi connectivity index (χ1v) is 9.22. The Hall–Kier alpha value is -2.80. The summed E-state index contributed by atoms with van der Waals surface area (Å²) in [5.41, 5.74) is 2.95. The smallest absolute Gasteiger partial charge is 0.230 e. The standard InChI is InChI=1S/C20H24N6O/c1-14-12-24(2)6-7-26(14)20(27)9-19-21-10-16-5-4-15(8-18(16)23-19)17-11-22-25(3)13-17/h4-5,8,10-11,13-14H,6-7,9,12H2,1-3H3/t14-/m0/s1. The molecule has 0 aliphatic carbocycles. The van der Waals surface area contributed by atoms with E-state index in [9.17, 15) is 4.79 Å². The van der Waals surface area contributed by atoms with Crippen molar-refractivity contribution in [2.24, 2.45) is 7.05 Å². The second-order valence-electron chi connectivity index (χ2n) is 7.34. The Morgan fingerprint density at radius 1 is 1.19 bits per heavy atom. The van der Waals surface area contributed by atoms with Crippen LogP contribution in [0.2, 0.25) is 0 Å². The van der Waals surface area contributed by atoms with Crippen LogP contribution in [0.4, 0.5) is 0 Å². The number of hydrogen-bond acceptors (Lipinski definition) is 5. The zero-order valence-electron chi connectivity index (χ0n) is 16.0. The zero-order valence-corrected chi connectivity index (χ0v) is 16.0. The molecule has 0 spiro atoms. The van der Waals surface area contributed by atoms with Gasteiger partial charge in [-0.15, -0.1) is 0 Å². The van der Waals surface area contributed by atoms with E-state index in [2.05, 4.69) is 33.9 Å². The summed E-state index contributed by atoms with van der Waals surface area (Å²) in [5.74, 6) is 0.667. The highest BCUT2D eigenvalue weighted by molar-refractivity contribution is 5.84. The number of aromatic nitrogens is 4. The minimum Gasteiger partial charge on any atom is -0.337 e. The minimum atomic E-state index is 0.0957. The van der Waals surface area contributed by atoms with Crippen LogP contribution in [-0.2, 0) is 18.3 Å². The molecule has 0 saturated carbocycles. The molecule has 27 heavy (non-hydrogen) atoms. The maximum absolute atomic E-state index is 12.7. The van der Waals surface area contributed by atoms with Crippen molar-refractivity contribution in [1.29, 1.82) is 0 Å². The van der Waals surface area contributed by atoms with Gasteiger partial charge in [-0.3, -0.25) is 9.48 Å². The summed E-state index contributed by atoms with van der Waals surface area (Å²) in [6.07, 6.45) is 5.84. The minimum absolute atomic E-state index is 0.0957. The van der Waals surface area contributed by atoms with Gasteiger partial charge in [-0.1, -0.05) is 12.1 Å². The van der Waals surface area contributed by atoms with Gasteiger partial charge in [0.25, 0.3) is 0 Å². The number of likely N-dealkylation sites (N-methyl/N-ethyl adjacent to an activating group) is 1. The summed E-state index contributed by atoms with van der Waals surface area (Å²) in [5, 5.41) is 5.19. The third-order valence-corrected chi connectivity index (χ3v) is 5.13. The Morgan fingerprint density at radius 3 is 2.78 bits per heavy atom. The van der Waals surface area contributed by atoms with Crippen molar-refractivity contribution < 1.29 is 4.79 Å². The lowest BCUT2D eigenvalue weighted by Gasteiger charge is -2.38. The van der Waals surface area contributed by atoms with Gasteiger partial charge in [0.2, 0.25) is 5.91 Å². The van der Waals surface area contributed by atoms with Crippen LogP contribution in [0.5, 0.6) is 0 Å². The second kappa shape index (κ2) is 7.08. The van der Waals surface area contributed by atoms with Crippen molar-refractivity contribution in [3.63, 3.8) is 0 Å². The van der Waals surface area contributed by atoms with Crippen molar-refractivity contribution in [2.45, 2.75) is 19.4 Å². The maximum atomic E-state index is 12.7. The summed E-state index contributed by atoms with van der Waals surface area (Å²) in [6.45, 7) is 4.66. The van der Waals surface area contributed by atoms with E-state index in [0.29, 0.717) is 5.82 Å². The van der Waals surface area contributed by atoms with E-state index in [-0.39, 0.29) is 18.4 Å². The van der Waals surface area contributed by atoms with E-state index in [1.54, 1.807) is 10.9 Å². The third kappa shape index (κ3) is 3.68. The SMILES string of the molecule is C[C@H]1CN(C)CCN1C(=O)Cc1ncc2ccc(-c3cnn(C)c3)cc2n1. The average Bonchev–Trinajstić information content (AvgIpc) is 3.07. The highest BCUT2D eigenvalue weighted by Gasteiger charge is 2.26. The molecule has 2 aromatic heterocycles. The molecule has 7 nitrogen and oxygen atoms in total. The number of carbonyl (C=O) groups is 1. The summed E-state index contributed by atoms with van der Waals surface area (Å²) < 4.78 is 1.78. The average molecular weight is 364 g/mol. The summed E-state index contributed by atoms with van der Waals surface area (Å²) >= 11 is 0.